The number of fused-ring (bicyclic) bond motifs is 4. The summed E-state index contributed by atoms with van der Waals surface area (Å²) in [7, 11) is 0. The molecule has 4 nitrogen and oxygen atoms in total. The standard InChI is InChI=1S/C25H33N3O/c29-24-22-23(26-21(27-24)18-28-15-9-3-4-10-16-28)20-12-6-5-11-19(20)17-25(22)13-7-1-2-8-14-25/h5-6,11-12H,1-4,7-10,13-18H2,(H,26,27,29). The van der Waals surface area contributed by atoms with Gasteiger partial charge in [-0.1, -0.05) is 62.8 Å². The molecule has 1 saturated heterocycles. The Kier molecular flexibility index (Phi) is 5.29. The summed E-state index contributed by atoms with van der Waals surface area (Å²) in [6.45, 7) is 2.99. The second-order valence-electron chi connectivity index (χ2n) is 9.46. The molecule has 154 valence electrons. The molecule has 1 N–H and O–H groups in total. The highest BCUT2D eigenvalue weighted by Crippen LogP contribution is 2.47. The van der Waals surface area contributed by atoms with Crippen LogP contribution in [0.5, 0.6) is 0 Å². The van der Waals surface area contributed by atoms with Gasteiger partial charge in [-0.25, -0.2) is 4.98 Å². The van der Waals surface area contributed by atoms with Crippen LogP contribution >= 0.6 is 0 Å². The first-order chi connectivity index (χ1) is 14.3. The maximum absolute atomic E-state index is 13.5. The van der Waals surface area contributed by atoms with Crippen LogP contribution in [0.3, 0.4) is 0 Å². The molecule has 5 rings (SSSR count). The number of aromatic nitrogens is 2. The van der Waals surface area contributed by atoms with Crippen LogP contribution in [0.15, 0.2) is 29.1 Å². The van der Waals surface area contributed by atoms with Crippen LogP contribution in [-0.2, 0) is 18.4 Å². The zero-order chi connectivity index (χ0) is 19.7. The van der Waals surface area contributed by atoms with Gasteiger partial charge in [0.05, 0.1) is 17.8 Å². The van der Waals surface area contributed by atoms with Crippen LogP contribution in [0.1, 0.15) is 81.2 Å². The molecular formula is C25H33N3O. The van der Waals surface area contributed by atoms with Gasteiger partial charge in [0, 0.05) is 11.0 Å². The summed E-state index contributed by atoms with van der Waals surface area (Å²) in [6, 6.07) is 8.65. The number of H-pyrrole nitrogens is 1. The van der Waals surface area contributed by atoms with Crippen molar-refractivity contribution in [2.24, 2.45) is 0 Å². The van der Waals surface area contributed by atoms with Crippen molar-refractivity contribution >= 4 is 0 Å². The van der Waals surface area contributed by atoms with E-state index in [0.29, 0.717) is 0 Å². The zero-order valence-corrected chi connectivity index (χ0v) is 17.5. The van der Waals surface area contributed by atoms with Crippen molar-refractivity contribution in [3.05, 3.63) is 51.6 Å². The van der Waals surface area contributed by atoms with Crippen LogP contribution in [-0.4, -0.2) is 28.0 Å². The fourth-order valence-corrected chi connectivity index (χ4v) is 5.98. The van der Waals surface area contributed by atoms with E-state index in [1.54, 1.807) is 0 Å². The fraction of sp³-hybridized carbons (Fsp3) is 0.600. The van der Waals surface area contributed by atoms with Gasteiger partial charge in [-0.05, 0) is 50.8 Å². The quantitative estimate of drug-likeness (QED) is 0.787. The number of hydrogen-bond donors (Lipinski definition) is 1. The summed E-state index contributed by atoms with van der Waals surface area (Å²) in [6.07, 6.45) is 13.4. The Balaban J connectivity index is 1.59. The maximum Gasteiger partial charge on any atom is 0.255 e. The minimum absolute atomic E-state index is 0.0259. The molecule has 0 atom stereocenters. The van der Waals surface area contributed by atoms with Gasteiger partial charge in [0.15, 0.2) is 0 Å². The molecule has 1 aromatic carbocycles. The Labute approximate surface area is 173 Å². The second-order valence-corrected chi connectivity index (χ2v) is 9.46. The molecule has 2 aromatic rings. The van der Waals surface area contributed by atoms with Crippen molar-refractivity contribution in [1.82, 2.24) is 14.9 Å². The Morgan fingerprint density at radius 1 is 0.931 bits per heavy atom. The topological polar surface area (TPSA) is 49.0 Å². The highest BCUT2D eigenvalue weighted by atomic mass is 16.1. The molecule has 1 aliphatic heterocycles. The normalized spacial score (nSPS) is 21.8. The van der Waals surface area contributed by atoms with E-state index in [1.807, 2.05) is 0 Å². The lowest BCUT2D eigenvalue weighted by Crippen LogP contribution is -2.40. The maximum atomic E-state index is 13.5. The monoisotopic (exact) mass is 391 g/mol. The minimum Gasteiger partial charge on any atom is -0.309 e. The molecule has 29 heavy (non-hydrogen) atoms. The van der Waals surface area contributed by atoms with Crippen molar-refractivity contribution in [3.8, 4) is 11.3 Å². The molecule has 0 radical (unpaired) electrons. The van der Waals surface area contributed by atoms with Gasteiger partial charge in [-0.3, -0.25) is 9.69 Å². The summed E-state index contributed by atoms with van der Waals surface area (Å²) in [5.41, 5.74) is 4.61. The minimum atomic E-state index is -0.0259. The number of nitrogens with zero attached hydrogens (tertiary/aromatic N) is 2. The third-order valence-corrected chi connectivity index (χ3v) is 7.43. The van der Waals surface area contributed by atoms with Crippen LogP contribution in [0, 0.1) is 0 Å². The van der Waals surface area contributed by atoms with Gasteiger partial charge >= 0.3 is 0 Å². The predicted molar refractivity (Wildman–Crippen MR) is 117 cm³/mol. The molecule has 0 amide bonds. The lowest BCUT2D eigenvalue weighted by Gasteiger charge is -2.38. The third kappa shape index (κ3) is 3.68. The van der Waals surface area contributed by atoms with E-state index in [1.165, 1.54) is 62.5 Å². The highest BCUT2D eigenvalue weighted by Gasteiger charge is 2.42. The van der Waals surface area contributed by atoms with Crippen molar-refractivity contribution < 1.29 is 0 Å². The molecule has 3 aliphatic rings. The van der Waals surface area contributed by atoms with E-state index in [4.69, 9.17) is 4.98 Å². The summed E-state index contributed by atoms with van der Waals surface area (Å²) in [4.78, 5) is 24.3. The second kappa shape index (κ2) is 8.06. The van der Waals surface area contributed by atoms with Gasteiger partial charge in [0.1, 0.15) is 5.82 Å². The number of likely N-dealkylation sites (tertiary alicyclic amines) is 1. The Morgan fingerprint density at radius 3 is 2.38 bits per heavy atom. The van der Waals surface area contributed by atoms with Crippen molar-refractivity contribution in [3.63, 3.8) is 0 Å². The number of aromatic amines is 1. The summed E-state index contributed by atoms with van der Waals surface area (Å²) in [5, 5.41) is 0. The molecule has 1 spiro atoms. The van der Waals surface area contributed by atoms with E-state index in [0.717, 1.165) is 56.0 Å². The van der Waals surface area contributed by atoms with E-state index >= 15 is 0 Å². The van der Waals surface area contributed by atoms with Crippen LogP contribution in [0.25, 0.3) is 11.3 Å². The molecule has 0 unspecified atom stereocenters. The Hall–Kier alpha value is -1.94. The predicted octanol–water partition coefficient (Wildman–Crippen LogP) is 4.96. The summed E-state index contributed by atoms with van der Waals surface area (Å²) >= 11 is 0. The van der Waals surface area contributed by atoms with Crippen molar-refractivity contribution in [2.45, 2.75) is 82.6 Å². The summed E-state index contributed by atoms with van der Waals surface area (Å²) in [5.74, 6) is 0.844. The van der Waals surface area contributed by atoms with E-state index in [-0.39, 0.29) is 11.0 Å². The van der Waals surface area contributed by atoms with E-state index in [2.05, 4.69) is 34.1 Å². The smallest absolute Gasteiger partial charge is 0.255 e. The number of nitrogens with one attached hydrogen (secondary N) is 1. The average molecular weight is 392 g/mol. The first-order valence-corrected chi connectivity index (χ1v) is 11.7. The zero-order valence-electron chi connectivity index (χ0n) is 17.5. The Bertz CT molecular complexity index is 916. The molecule has 2 aliphatic carbocycles. The Morgan fingerprint density at radius 2 is 1.62 bits per heavy atom. The van der Waals surface area contributed by atoms with Gasteiger partial charge in [-0.15, -0.1) is 0 Å². The molecule has 1 aromatic heterocycles. The lowest BCUT2D eigenvalue weighted by atomic mass is 9.65. The molecule has 1 saturated carbocycles. The van der Waals surface area contributed by atoms with E-state index in [9.17, 15) is 4.79 Å². The van der Waals surface area contributed by atoms with Gasteiger partial charge in [0.25, 0.3) is 5.56 Å². The van der Waals surface area contributed by atoms with Gasteiger partial charge in [-0.2, -0.15) is 0 Å². The van der Waals surface area contributed by atoms with E-state index < -0.39 is 0 Å². The lowest BCUT2D eigenvalue weighted by molar-refractivity contribution is 0.269. The highest BCUT2D eigenvalue weighted by molar-refractivity contribution is 5.71. The van der Waals surface area contributed by atoms with Gasteiger partial charge in [0.2, 0.25) is 0 Å². The molecule has 2 heterocycles. The number of rotatable bonds is 2. The SMILES string of the molecule is O=c1[nH]c(CN2CCCCCC2)nc2c1C1(CCCCCC1)Cc1ccccc1-2. The molecule has 0 bridgehead atoms. The van der Waals surface area contributed by atoms with Crippen LogP contribution in [0.2, 0.25) is 0 Å². The number of benzene rings is 1. The van der Waals surface area contributed by atoms with Crippen LogP contribution in [0.4, 0.5) is 0 Å². The molecule has 4 heteroatoms. The fourth-order valence-electron chi connectivity index (χ4n) is 5.98. The largest absolute Gasteiger partial charge is 0.309 e. The van der Waals surface area contributed by atoms with Gasteiger partial charge < -0.3 is 4.98 Å². The summed E-state index contributed by atoms with van der Waals surface area (Å²) < 4.78 is 0. The van der Waals surface area contributed by atoms with Crippen molar-refractivity contribution in [2.75, 3.05) is 13.1 Å². The first kappa shape index (κ1) is 19.0. The van der Waals surface area contributed by atoms with Crippen LogP contribution < -0.4 is 5.56 Å². The molecular weight excluding hydrogens is 358 g/mol. The average Bonchev–Trinajstić information content (AvgIpc) is 3.11. The first-order valence-electron chi connectivity index (χ1n) is 11.7. The third-order valence-electron chi connectivity index (χ3n) is 7.43. The number of hydrogen-bond acceptors (Lipinski definition) is 3. The van der Waals surface area contributed by atoms with Crippen molar-refractivity contribution in [1.29, 1.82) is 0 Å². The molecule has 2 fully saturated rings.